The number of methoxy groups -OCH3 is 3. The van der Waals surface area contributed by atoms with Gasteiger partial charge in [0.15, 0.2) is 23.0 Å². The van der Waals surface area contributed by atoms with Gasteiger partial charge in [-0.25, -0.2) is 0 Å². The average molecular weight is 394 g/mol. The molecule has 0 saturated carbocycles. The van der Waals surface area contributed by atoms with Crippen molar-refractivity contribution in [1.29, 1.82) is 0 Å². The number of rotatable bonds is 6. The molecule has 0 fully saturated rings. The zero-order valence-electron chi connectivity index (χ0n) is 17.0. The Hall–Kier alpha value is -3.12. The number of H-pyrrole nitrogens is 1. The van der Waals surface area contributed by atoms with E-state index in [0.717, 1.165) is 47.8 Å². The summed E-state index contributed by atoms with van der Waals surface area (Å²) in [7, 11) is 4.97. The molecule has 1 aliphatic heterocycles. The highest BCUT2D eigenvalue weighted by Gasteiger charge is 2.22. The Morgan fingerprint density at radius 2 is 1.86 bits per heavy atom. The number of hydrogen-bond donors (Lipinski definition) is 1. The molecule has 0 amide bonds. The quantitative estimate of drug-likeness (QED) is 0.682. The van der Waals surface area contributed by atoms with E-state index in [9.17, 15) is 0 Å². The largest absolute Gasteiger partial charge is 0.493 e. The van der Waals surface area contributed by atoms with Gasteiger partial charge in [0, 0.05) is 42.7 Å². The first-order valence-electron chi connectivity index (χ1n) is 9.63. The minimum atomic E-state index is 0.617. The van der Waals surface area contributed by atoms with Crippen LogP contribution in [0, 0.1) is 0 Å². The second-order valence-corrected chi connectivity index (χ2v) is 6.96. The van der Waals surface area contributed by atoms with Crippen molar-refractivity contribution in [3.05, 3.63) is 59.9 Å². The molecule has 3 aromatic rings. The van der Waals surface area contributed by atoms with Gasteiger partial charge < -0.3 is 23.9 Å². The molecule has 1 N–H and O–H groups in total. The minimum Gasteiger partial charge on any atom is -0.493 e. The molecule has 0 atom stereocenters. The molecule has 1 aromatic heterocycles. The van der Waals surface area contributed by atoms with E-state index in [1.165, 1.54) is 5.69 Å². The molecule has 1 aliphatic rings. The number of hydrogen-bond acceptors (Lipinski definition) is 5. The van der Waals surface area contributed by atoms with Crippen LogP contribution in [0.5, 0.6) is 23.0 Å². The third kappa shape index (κ3) is 3.89. The molecule has 0 radical (unpaired) electrons. The predicted molar refractivity (Wildman–Crippen MR) is 112 cm³/mol. The van der Waals surface area contributed by atoms with Crippen molar-refractivity contribution >= 4 is 0 Å². The van der Waals surface area contributed by atoms with Gasteiger partial charge in [-0.1, -0.05) is 12.1 Å². The normalized spacial score (nSPS) is 13.9. The van der Waals surface area contributed by atoms with E-state index < -0.39 is 0 Å². The van der Waals surface area contributed by atoms with Crippen molar-refractivity contribution in [3.8, 4) is 34.1 Å². The van der Waals surface area contributed by atoms with Gasteiger partial charge in [0.05, 0.1) is 21.3 Å². The summed E-state index contributed by atoms with van der Waals surface area (Å²) in [5, 5.41) is 0. The van der Waals surface area contributed by atoms with Gasteiger partial charge >= 0.3 is 0 Å². The zero-order chi connectivity index (χ0) is 20.2. The lowest BCUT2D eigenvalue weighted by Crippen LogP contribution is -2.25. The fourth-order valence-corrected chi connectivity index (χ4v) is 3.80. The van der Waals surface area contributed by atoms with E-state index in [2.05, 4.69) is 22.0 Å². The highest BCUT2D eigenvalue weighted by Crippen LogP contribution is 2.43. The number of benzene rings is 2. The monoisotopic (exact) mass is 394 g/mol. The second-order valence-electron chi connectivity index (χ2n) is 6.96. The molecule has 29 heavy (non-hydrogen) atoms. The fourth-order valence-electron chi connectivity index (χ4n) is 3.80. The molecule has 0 saturated heterocycles. The van der Waals surface area contributed by atoms with Crippen molar-refractivity contribution in [2.75, 3.05) is 34.5 Å². The average Bonchev–Trinajstić information content (AvgIpc) is 3.17. The lowest BCUT2D eigenvalue weighted by Gasteiger charge is -2.19. The molecule has 152 valence electrons. The van der Waals surface area contributed by atoms with Crippen LogP contribution in [0.2, 0.25) is 0 Å². The first kappa shape index (κ1) is 19.2. The Labute approximate surface area is 171 Å². The fraction of sp³-hybridized carbons (Fsp3) is 0.304. The molecule has 0 unspecified atom stereocenters. The number of nitrogens with zero attached hydrogens (tertiary/aromatic N) is 1. The zero-order valence-corrected chi connectivity index (χ0v) is 17.0. The topological polar surface area (TPSA) is 56.0 Å². The summed E-state index contributed by atoms with van der Waals surface area (Å²) in [5.41, 5.74) is 4.23. The van der Waals surface area contributed by atoms with Crippen LogP contribution in [0.25, 0.3) is 11.1 Å². The Balaban J connectivity index is 1.74. The molecular formula is C23H26N2O4. The maximum Gasteiger partial charge on any atom is 0.168 e. The Bertz CT molecular complexity index is 969. The van der Waals surface area contributed by atoms with E-state index in [0.29, 0.717) is 18.1 Å². The van der Waals surface area contributed by atoms with Crippen molar-refractivity contribution in [1.82, 2.24) is 9.88 Å². The van der Waals surface area contributed by atoms with Gasteiger partial charge in [-0.15, -0.1) is 0 Å². The van der Waals surface area contributed by atoms with Gasteiger partial charge in [0.25, 0.3) is 0 Å². The summed E-state index contributed by atoms with van der Waals surface area (Å²) in [6.07, 6.45) is 1.95. The first-order valence-corrected chi connectivity index (χ1v) is 9.63. The molecule has 6 heteroatoms. The maximum absolute atomic E-state index is 6.08. The summed E-state index contributed by atoms with van der Waals surface area (Å²) in [6, 6.07) is 14.2. The van der Waals surface area contributed by atoms with E-state index in [1.54, 1.807) is 21.3 Å². The van der Waals surface area contributed by atoms with Gasteiger partial charge in [0.1, 0.15) is 6.61 Å². The molecule has 2 heterocycles. The standard InChI is InChI=1S/C23H26N2O4/c1-26-20-8-4-7-19(23(20)28-3)16-12-17-14-25(15-18-6-5-9-24-18)10-11-29-22(17)21(13-16)27-2/h4-9,12-13,24H,10-11,14-15H2,1-3H3. The molecule has 0 aliphatic carbocycles. The van der Waals surface area contributed by atoms with Crippen molar-refractivity contribution in [2.24, 2.45) is 0 Å². The van der Waals surface area contributed by atoms with Crippen molar-refractivity contribution in [2.45, 2.75) is 13.1 Å². The lowest BCUT2D eigenvalue weighted by molar-refractivity contribution is 0.215. The van der Waals surface area contributed by atoms with Gasteiger partial charge in [-0.05, 0) is 35.9 Å². The number of para-hydroxylation sites is 1. The molecule has 4 rings (SSSR count). The van der Waals surface area contributed by atoms with E-state index >= 15 is 0 Å². The predicted octanol–water partition coefficient (Wildman–Crippen LogP) is 4.10. The van der Waals surface area contributed by atoms with Crippen LogP contribution in [0.3, 0.4) is 0 Å². The third-order valence-electron chi connectivity index (χ3n) is 5.17. The lowest BCUT2D eigenvalue weighted by atomic mass is 10.00. The summed E-state index contributed by atoms with van der Waals surface area (Å²) < 4.78 is 22.9. The minimum absolute atomic E-state index is 0.617. The Morgan fingerprint density at radius 1 is 1.00 bits per heavy atom. The smallest absolute Gasteiger partial charge is 0.168 e. The highest BCUT2D eigenvalue weighted by molar-refractivity contribution is 5.77. The van der Waals surface area contributed by atoms with E-state index in [-0.39, 0.29) is 0 Å². The van der Waals surface area contributed by atoms with Crippen molar-refractivity contribution < 1.29 is 18.9 Å². The number of ether oxygens (including phenoxy) is 4. The Morgan fingerprint density at radius 3 is 2.59 bits per heavy atom. The van der Waals surface area contributed by atoms with Crippen LogP contribution < -0.4 is 18.9 Å². The second kappa shape index (κ2) is 8.49. The summed E-state index contributed by atoms with van der Waals surface area (Å²) in [5.74, 6) is 2.94. The van der Waals surface area contributed by atoms with Gasteiger partial charge in [-0.3, -0.25) is 4.90 Å². The summed E-state index contributed by atoms with van der Waals surface area (Å²) in [6.45, 7) is 3.07. The summed E-state index contributed by atoms with van der Waals surface area (Å²) in [4.78, 5) is 5.64. The summed E-state index contributed by atoms with van der Waals surface area (Å²) >= 11 is 0. The van der Waals surface area contributed by atoms with E-state index in [1.807, 2.05) is 36.5 Å². The molecule has 6 nitrogen and oxygen atoms in total. The molecule has 0 spiro atoms. The van der Waals surface area contributed by atoms with Crippen LogP contribution in [-0.4, -0.2) is 44.4 Å². The molecular weight excluding hydrogens is 368 g/mol. The van der Waals surface area contributed by atoms with Gasteiger partial charge in [-0.2, -0.15) is 0 Å². The number of aromatic amines is 1. The maximum atomic E-state index is 6.08. The van der Waals surface area contributed by atoms with Crippen LogP contribution in [0.4, 0.5) is 0 Å². The third-order valence-corrected chi connectivity index (χ3v) is 5.17. The number of fused-ring (bicyclic) bond motifs is 1. The van der Waals surface area contributed by atoms with Crippen LogP contribution in [0.1, 0.15) is 11.3 Å². The van der Waals surface area contributed by atoms with Gasteiger partial charge in [0.2, 0.25) is 0 Å². The Kier molecular flexibility index (Phi) is 5.62. The van der Waals surface area contributed by atoms with Crippen LogP contribution in [-0.2, 0) is 13.1 Å². The number of aromatic nitrogens is 1. The van der Waals surface area contributed by atoms with Crippen molar-refractivity contribution in [3.63, 3.8) is 0 Å². The highest BCUT2D eigenvalue weighted by atomic mass is 16.5. The molecule has 2 aromatic carbocycles. The van der Waals surface area contributed by atoms with E-state index in [4.69, 9.17) is 18.9 Å². The first-order chi connectivity index (χ1) is 14.2. The SMILES string of the molecule is COc1cc(-c2cccc(OC)c2OC)cc2c1OCCN(Cc1ccc[nH]1)C2. The number of nitrogens with one attached hydrogen (secondary N) is 1. The molecule has 0 bridgehead atoms. The van der Waals surface area contributed by atoms with Crippen LogP contribution >= 0.6 is 0 Å². The van der Waals surface area contributed by atoms with Crippen LogP contribution in [0.15, 0.2) is 48.7 Å².